The van der Waals surface area contributed by atoms with Crippen LogP contribution in [0.2, 0.25) is 0 Å². The molecule has 2 rings (SSSR count). The quantitative estimate of drug-likeness (QED) is 0.853. The smallest absolute Gasteiger partial charge is 0.147 e. The molecule has 0 saturated heterocycles. The molecule has 0 amide bonds. The van der Waals surface area contributed by atoms with Crippen LogP contribution in [0.3, 0.4) is 0 Å². The Balaban J connectivity index is 1.90. The maximum atomic E-state index is 13.4. The number of benzene rings is 1. The number of halogens is 1. The van der Waals surface area contributed by atoms with Gasteiger partial charge < -0.3 is 5.73 Å². The zero-order valence-corrected chi connectivity index (χ0v) is 11.0. The van der Waals surface area contributed by atoms with Crippen LogP contribution in [0.25, 0.3) is 0 Å². The van der Waals surface area contributed by atoms with Gasteiger partial charge in [-0.2, -0.15) is 0 Å². The number of nitrogen functional groups attached to an aromatic ring is 1. The average Bonchev–Trinajstić information content (AvgIpc) is 2.38. The molecule has 19 heavy (non-hydrogen) atoms. The van der Waals surface area contributed by atoms with Gasteiger partial charge in [-0.15, -0.1) is 11.8 Å². The first-order valence-corrected chi connectivity index (χ1v) is 6.73. The lowest BCUT2D eigenvalue weighted by Gasteiger charge is -2.03. The third-order valence-electron chi connectivity index (χ3n) is 2.47. The van der Waals surface area contributed by atoms with Crippen molar-refractivity contribution in [1.82, 2.24) is 4.98 Å². The van der Waals surface area contributed by atoms with E-state index in [1.54, 1.807) is 36.5 Å². The first kappa shape index (κ1) is 13.5. The predicted octanol–water partition coefficient (Wildman–Crippen LogP) is 2.71. The number of carbonyl (C=O) groups excluding carboxylic acids is 1. The fraction of sp³-hybridized carbons (Fsp3) is 0.143. The average molecular weight is 276 g/mol. The van der Waals surface area contributed by atoms with Crippen molar-refractivity contribution < 1.29 is 9.18 Å². The standard InChI is InChI=1S/C14H13FN2OS/c15-12-3-1-2-4-13(12)19-9-11(18)7-10-5-6-17-14(16)8-10/h1-6,8H,7,9H2,(H2,16,17). The summed E-state index contributed by atoms with van der Waals surface area (Å²) in [6, 6.07) is 9.85. The first-order chi connectivity index (χ1) is 9.15. The number of ketones is 1. The molecule has 5 heteroatoms. The van der Waals surface area contributed by atoms with Gasteiger partial charge in [0, 0.05) is 17.5 Å². The Morgan fingerprint density at radius 3 is 2.84 bits per heavy atom. The van der Waals surface area contributed by atoms with E-state index in [4.69, 9.17) is 5.73 Å². The summed E-state index contributed by atoms with van der Waals surface area (Å²) >= 11 is 1.21. The topological polar surface area (TPSA) is 56.0 Å². The fourth-order valence-electron chi connectivity index (χ4n) is 1.60. The molecule has 0 aliphatic rings. The van der Waals surface area contributed by atoms with Crippen molar-refractivity contribution in [2.75, 3.05) is 11.5 Å². The summed E-state index contributed by atoms with van der Waals surface area (Å²) in [4.78, 5) is 16.2. The van der Waals surface area contributed by atoms with Crippen molar-refractivity contribution in [2.24, 2.45) is 0 Å². The summed E-state index contributed by atoms with van der Waals surface area (Å²) in [5.41, 5.74) is 6.37. The zero-order valence-electron chi connectivity index (χ0n) is 10.2. The second-order valence-corrected chi connectivity index (χ2v) is 5.04. The molecule has 1 aromatic heterocycles. The molecule has 3 nitrogen and oxygen atoms in total. The van der Waals surface area contributed by atoms with E-state index in [1.807, 2.05) is 0 Å². The second-order valence-electron chi connectivity index (χ2n) is 4.02. The molecule has 0 aliphatic heterocycles. The number of nitrogens with zero attached hydrogens (tertiary/aromatic N) is 1. The van der Waals surface area contributed by atoms with Crippen LogP contribution in [0, 0.1) is 5.82 Å². The lowest BCUT2D eigenvalue weighted by atomic mass is 10.1. The van der Waals surface area contributed by atoms with Crippen molar-refractivity contribution in [3.63, 3.8) is 0 Å². The third-order valence-corrected chi connectivity index (χ3v) is 3.58. The number of aromatic nitrogens is 1. The summed E-state index contributed by atoms with van der Waals surface area (Å²) in [7, 11) is 0. The Morgan fingerprint density at radius 1 is 1.32 bits per heavy atom. The van der Waals surface area contributed by atoms with Gasteiger partial charge in [-0.1, -0.05) is 12.1 Å². The Bertz CT molecular complexity index is 589. The van der Waals surface area contributed by atoms with Gasteiger partial charge in [-0.05, 0) is 29.8 Å². The van der Waals surface area contributed by atoms with Gasteiger partial charge in [0.25, 0.3) is 0 Å². The van der Waals surface area contributed by atoms with Crippen molar-refractivity contribution in [2.45, 2.75) is 11.3 Å². The van der Waals surface area contributed by atoms with Crippen LogP contribution in [0.4, 0.5) is 10.2 Å². The van der Waals surface area contributed by atoms with Crippen LogP contribution in [0.15, 0.2) is 47.5 Å². The monoisotopic (exact) mass is 276 g/mol. The molecule has 0 unspecified atom stereocenters. The first-order valence-electron chi connectivity index (χ1n) is 5.74. The molecule has 0 radical (unpaired) electrons. The number of nitrogens with two attached hydrogens (primary N) is 1. The number of rotatable bonds is 5. The molecule has 98 valence electrons. The number of anilines is 1. The van der Waals surface area contributed by atoms with Gasteiger partial charge >= 0.3 is 0 Å². The minimum Gasteiger partial charge on any atom is -0.384 e. The van der Waals surface area contributed by atoms with Crippen molar-refractivity contribution in [3.8, 4) is 0 Å². The van der Waals surface area contributed by atoms with Crippen LogP contribution in [-0.4, -0.2) is 16.5 Å². The molecular formula is C14H13FN2OS. The summed E-state index contributed by atoms with van der Waals surface area (Å²) in [6.07, 6.45) is 1.86. The molecule has 0 aliphatic carbocycles. The highest BCUT2D eigenvalue weighted by Crippen LogP contribution is 2.21. The van der Waals surface area contributed by atoms with Crippen LogP contribution in [-0.2, 0) is 11.2 Å². The number of Topliss-reactive ketones (excluding diaryl/α,β-unsaturated/α-hetero) is 1. The minimum absolute atomic E-state index is 0.0267. The van der Waals surface area contributed by atoms with Gasteiger partial charge in [0.1, 0.15) is 17.4 Å². The highest BCUT2D eigenvalue weighted by molar-refractivity contribution is 8.00. The Morgan fingerprint density at radius 2 is 2.11 bits per heavy atom. The van der Waals surface area contributed by atoms with E-state index >= 15 is 0 Å². The van der Waals surface area contributed by atoms with Crippen LogP contribution >= 0.6 is 11.8 Å². The molecule has 2 N–H and O–H groups in total. The maximum absolute atomic E-state index is 13.4. The van der Waals surface area contributed by atoms with E-state index in [9.17, 15) is 9.18 Å². The van der Waals surface area contributed by atoms with E-state index in [-0.39, 0.29) is 23.8 Å². The predicted molar refractivity (Wildman–Crippen MR) is 74.5 cm³/mol. The number of hydrogen-bond acceptors (Lipinski definition) is 4. The molecular weight excluding hydrogens is 263 g/mol. The fourth-order valence-corrected chi connectivity index (χ4v) is 2.40. The second kappa shape index (κ2) is 6.33. The SMILES string of the molecule is Nc1cc(CC(=O)CSc2ccccc2F)ccn1. The van der Waals surface area contributed by atoms with Crippen molar-refractivity contribution >= 4 is 23.4 Å². The van der Waals surface area contributed by atoms with Crippen LogP contribution in [0.1, 0.15) is 5.56 Å². The molecule has 0 spiro atoms. The molecule has 0 bridgehead atoms. The largest absolute Gasteiger partial charge is 0.384 e. The minimum atomic E-state index is -0.298. The molecule has 1 heterocycles. The highest BCUT2D eigenvalue weighted by atomic mass is 32.2. The lowest BCUT2D eigenvalue weighted by molar-refractivity contribution is -0.116. The Hall–Kier alpha value is -1.88. The highest BCUT2D eigenvalue weighted by Gasteiger charge is 2.07. The third kappa shape index (κ3) is 4.06. The Labute approximate surface area is 115 Å². The van der Waals surface area contributed by atoms with E-state index < -0.39 is 0 Å². The molecule has 0 fully saturated rings. The van der Waals surface area contributed by atoms with Crippen LogP contribution < -0.4 is 5.73 Å². The molecule has 0 atom stereocenters. The molecule has 0 saturated carbocycles. The van der Waals surface area contributed by atoms with Crippen LogP contribution in [0.5, 0.6) is 0 Å². The van der Waals surface area contributed by atoms with Gasteiger partial charge in [0.15, 0.2) is 0 Å². The summed E-state index contributed by atoms with van der Waals surface area (Å²) in [5, 5.41) is 0. The maximum Gasteiger partial charge on any atom is 0.147 e. The number of pyridine rings is 1. The number of carbonyl (C=O) groups is 1. The van der Waals surface area contributed by atoms with Crippen molar-refractivity contribution in [1.29, 1.82) is 0 Å². The van der Waals surface area contributed by atoms with Gasteiger partial charge in [-0.25, -0.2) is 9.37 Å². The molecule has 2 aromatic rings. The summed E-state index contributed by atoms with van der Waals surface area (Å²) < 4.78 is 13.4. The van der Waals surface area contributed by atoms with Crippen molar-refractivity contribution in [3.05, 3.63) is 54.0 Å². The molecule has 1 aromatic carbocycles. The lowest BCUT2D eigenvalue weighted by Crippen LogP contribution is -2.06. The normalized spacial score (nSPS) is 10.4. The number of thioether (sulfide) groups is 1. The number of hydrogen-bond donors (Lipinski definition) is 1. The van der Waals surface area contributed by atoms with Gasteiger partial charge in [0.05, 0.1) is 5.75 Å². The van der Waals surface area contributed by atoms with E-state index in [1.165, 1.54) is 17.8 Å². The zero-order chi connectivity index (χ0) is 13.7. The van der Waals surface area contributed by atoms with E-state index in [0.29, 0.717) is 10.7 Å². The van der Waals surface area contributed by atoms with Gasteiger partial charge in [0.2, 0.25) is 0 Å². The Kier molecular flexibility index (Phi) is 4.52. The van der Waals surface area contributed by atoms with E-state index in [2.05, 4.69) is 4.98 Å². The summed E-state index contributed by atoms with van der Waals surface area (Å²) in [6.45, 7) is 0. The summed E-state index contributed by atoms with van der Waals surface area (Å²) in [5.74, 6) is 0.364. The van der Waals surface area contributed by atoms with E-state index in [0.717, 1.165) is 5.56 Å². The van der Waals surface area contributed by atoms with Gasteiger partial charge in [-0.3, -0.25) is 4.79 Å².